The third-order valence-corrected chi connectivity index (χ3v) is 4.90. The molecule has 0 aromatic heterocycles. The van der Waals surface area contributed by atoms with Crippen LogP contribution in [0.25, 0.3) is 0 Å². The normalized spacial score (nSPS) is 18.7. The van der Waals surface area contributed by atoms with Gasteiger partial charge in [0, 0.05) is 25.7 Å². The molecule has 1 saturated heterocycles. The molecule has 1 aliphatic heterocycles. The molecule has 1 aromatic rings. The van der Waals surface area contributed by atoms with E-state index in [9.17, 15) is 13.2 Å². The van der Waals surface area contributed by atoms with Crippen molar-refractivity contribution in [3.8, 4) is 0 Å². The zero-order valence-electron chi connectivity index (χ0n) is 15.2. The molecule has 0 radical (unpaired) electrons. The summed E-state index contributed by atoms with van der Waals surface area (Å²) in [5.41, 5.74) is 0.0569. The Labute approximate surface area is 150 Å². The smallest absolute Gasteiger partial charge is 0.410 e. The molecule has 0 aliphatic carbocycles. The average molecular weight is 369 g/mol. The lowest BCUT2D eigenvalue weighted by Crippen LogP contribution is -2.57. The van der Waals surface area contributed by atoms with Crippen LogP contribution < -0.4 is 9.62 Å². The van der Waals surface area contributed by atoms with Crippen molar-refractivity contribution in [1.82, 2.24) is 10.2 Å². The van der Waals surface area contributed by atoms with Crippen LogP contribution in [-0.2, 0) is 14.8 Å². The molecule has 1 atom stereocenters. The minimum Gasteiger partial charge on any atom is -0.444 e. The summed E-state index contributed by atoms with van der Waals surface area (Å²) in [6, 6.07) is 8.79. The number of amides is 1. The predicted molar refractivity (Wildman–Crippen MR) is 98.2 cm³/mol. The quantitative estimate of drug-likeness (QED) is 0.873. The van der Waals surface area contributed by atoms with Crippen molar-refractivity contribution in [3.63, 3.8) is 0 Å². The highest BCUT2D eigenvalue weighted by Gasteiger charge is 2.30. The van der Waals surface area contributed by atoms with Gasteiger partial charge in [0.25, 0.3) is 0 Å². The maximum atomic E-state index is 12.3. The fraction of sp³-hybridized carbons (Fsp3) is 0.588. The Kier molecular flexibility index (Phi) is 5.95. The van der Waals surface area contributed by atoms with Gasteiger partial charge in [-0.1, -0.05) is 18.2 Å². The van der Waals surface area contributed by atoms with E-state index in [0.717, 1.165) is 0 Å². The maximum Gasteiger partial charge on any atom is 0.410 e. The van der Waals surface area contributed by atoms with Gasteiger partial charge in [-0.25, -0.2) is 13.2 Å². The van der Waals surface area contributed by atoms with Gasteiger partial charge in [0.15, 0.2) is 0 Å². The molecule has 1 N–H and O–H groups in total. The van der Waals surface area contributed by atoms with Crippen LogP contribution in [0.5, 0.6) is 0 Å². The number of nitrogens with zero attached hydrogens (tertiary/aromatic N) is 2. The number of sulfonamides is 1. The van der Waals surface area contributed by atoms with Crippen LogP contribution in [0.4, 0.5) is 10.5 Å². The molecule has 1 unspecified atom stereocenters. The number of hydrogen-bond donors (Lipinski definition) is 1. The molecule has 0 bridgehead atoms. The molecule has 25 heavy (non-hydrogen) atoms. The summed E-state index contributed by atoms with van der Waals surface area (Å²) in [5.74, 6) is 0. The number of rotatable bonds is 4. The number of piperazine rings is 1. The first-order valence-corrected chi connectivity index (χ1v) is 10.2. The van der Waals surface area contributed by atoms with E-state index in [0.29, 0.717) is 25.3 Å². The summed E-state index contributed by atoms with van der Waals surface area (Å²) in [7, 11) is -3.43. The zero-order valence-corrected chi connectivity index (χ0v) is 16.0. The number of anilines is 1. The molecular weight excluding hydrogens is 342 g/mol. The van der Waals surface area contributed by atoms with Crippen molar-refractivity contribution < 1.29 is 17.9 Å². The maximum absolute atomic E-state index is 12.3. The third-order valence-electron chi connectivity index (χ3n) is 3.74. The SMILES string of the molecule is CC(C)(C)OC(=O)N1CCNC(CN(c2ccccc2)S(C)(=O)=O)C1. The summed E-state index contributed by atoms with van der Waals surface area (Å²) >= 11 is 0. The van der Waals surface area contributed by atoms with Gasteiger partial charge in [0.1, 0.15) is 5.60 Å². The van der Waals surface area contributed by atoms with E-state index in [-0.39, 0.29) is 18.7 Å². The fourth-order valence-electron chi connectivity index (χ4n) is 2.67. The van der Waals surface area contributed by atoms with E-state index in [1.54, 1.807) is 29.2 Å². The van der Waals surface area contributed by atoms with Gasteiger partial charge < -0.3 is 15.0 Å². The molecule has 7 nitrogen and oxygen atoms in total. The number of para-hydroxylation sites is 1. The standard InChI is InChI=1S/C17H27N3O4S/c1-17(2,3)24-16(21)19-11-10-18-14(12-19)13-20(25(4,22)23)15-8-6-5-7-9-15/h5-9,14,18H,10-13H2,1-4H3. The Morgan fingerprint density at radius 1 is 1.32 bits per heavy atom. The van der Waals surface area contributed by atoms with Crippen LogP contribution in [0.15, 0.2) is 30.3 Å². The first-order chi connectivity index (χ1) is 11.6. The molecule has 1 aliphatic rings. The van der Waals surface area contributed by atoms with Crippen molar-refractivity contribution >= 4 is 21.8 Å². The monoisotopic (exact) mass is 369 g/mol. The predicted octanol–water partition coefficient (Wildman–Crippen LogP) is 1.66. The molecular formula is C17H27N3O4S. The number of carbonyl (C=O) groups excluding carboxylic acids is 1. The van der Waals surface area contributed by atoms with Crippen molar-refractivity contribution in [2.45, 2.75) is 32.4 Å². The van der Waals surface area contributed by atoms with Gasteiger partial charge in [-0.3, -0.25) is 4.31 Å². The van der Waals surface area contributed by atoms with Crippen LogP contribution in [0.3, 0.4) is 0 Å². The molecule has 140 valence electrons. The van der Waals surface area contributed by atoms with E-state index < -0.39 is 15.6 Å². The molecule has 1 aromatic carbocycles. The Balaban J connectivity index is 2.08. The van der Waals surface area contributed by atoms with E-state index in [1.807, 2.05) is 26.8 Å². The topological polar surface area (TPSA) is 79.0 Å². The Morgan fingerprint density at radius 3 is 2.52 bits per heavy atom. The van der Waals surface area contributed by atoms with Crippen molar-refractivity contribution in [2.75, 3.05) is 36.7 Å². The van der Waals surface area contributed by atoms with E-state index >= 15 is 0 Å². The minimum absolute atomic E-state index is 0.170. The summed E-state index contributed by atoms with van der Waals surface area (Å²) in [4.78, 5) is 13.9. The zero-order chi connectivity index (χ0) is 18.7. The molecule has 1 heterocycles. The number of carbonyl (C=O) groups is 1. The first-order valence-electron chi connectivity index (χ1n) is 8.30. The van der Waals surface area contributed by atoms with Crippen LogP contribution >= 0.6 is 0 Å². The largest absolute Gasteiger partial charge is 0.444 e. The second-order valence-electron chi connectivity index (χ2n) is 7.21. The molecule has 2 rings (SSSR count). The summed E-state index contributed by atoms with van der Waals surface area (Å²) < 4.78 is 31.2. The van der Waals surface area contributed by atoms with Gasteiger partial charge in [-0.15, -0.1) is 0 Å². The van der Waals surface area contributed by atoms with E-state index in [2.05, 4.69) is 5.32 Å². The lowest BCUT2D eigenvalue weighted by atomic mass is 10.2. The molecule has 0 saturated carbocycles. The minimum atomic E-state index is -3.43. The Hall–Kier alpha value is -1.80. The number of ether oxygens (including phenoxy) is 1. The lowest BCUT2D eigenvalue weighted by molar-refractivity contribution is 0.0199. The van der Waals surface area contributed by atoms with Crippen LogP contribution in [-0.4, -0.2) is 63.5 Å². The number of benzene rings is 1. The van der Waals surface area contributed by atoms with Crippen LogP contribution in [0.2, 0.25) is 0 Å². The second-order valence-corrected chi connectivity index (χ2v) is 9.11. The fourth-order valence-corrected chi connectivity index (χ4v) is 3.62. The number of nitrogens with one attached hydrogen (secondary N) is 1. The number of hydrogen-bond acceptors (Lipinski definition) is 5. The van der Waals surface area contributed by atoms with Crippen molar-refractivity contribution in [1.29, 1.82) is 0 Å². The van der Waals surface area contributed by atoms with Crippen molar-refractivity contribution in [3.05, 3.63) is 30.3 Å². The van der Waals surface area contributed by atoms with Gasteiger partial charge in [0.05, 0.1) is 18.5 Å². The summed E-state index contributed by atoms with van der Waals surface area (Å²) in [5, 5.41) is 3.28. The highest BCUT2D eigenvalue weighted by atomic mass is 32.2. The van der Waals surface area contributed by atoms with Gasteiger partial charge in [-0.05, 0) is 32.9 Å². The van der Waals surface area contributed by atoms with Crippen LogP contribution in [0.1, 0.15) is 20.8 Å². The van der Waals surface area contributed by atoms with Gasteiger partial charge in [0.2, 0.25) is 10.0 Å². The van der Waals surface area contributed by atoms with Crippen molar-refractivity contribution in [2.24, 2.45) is 0 Å². The van der Waals surface area contributed by atoms with E-state index in [4.69, 9.17) is 4.74 Å². The molecule has 8 heteroatoms. The summed E-state index contributed by atoms with van der Waals surface area (Å²) in [6.07, 6.45) is 0.818. The van der Waals surface area contributed by atoms with E-state index in [1.165, 1.54) is 10.6 Å². The molecule has 0 spiro atoms. The highest BCUT2D eigenvalue weighted by Crippen LogP contribution is 2.18. The lowest BCUT2D eigenvalue weighted by Gasteiger charge is -2.37. The van der Waals surface area contributed by atoms with Gasteiger partial charge in [-0.2, -0.15) is 0 Å². The summed E-state index contributed by atoms with van der Waals surface area (Å²) in [6.45, 7) is 7.25. The molecule has 1 fully saturated rings. The van der Waals surface area contributed by atoms with Crippen LogP contribution in [0, 0.1) is 0 Å². The second kappa shape index (κ2) is 7.61. The molecule has 1 amide bonds. The Morgan fingerprint density at radius 2 is 1.96 bits per heavy atom. The third kappa shape index (κ3) is 5.89. The Bertz CT molecular complexity index is 686. The first kappa shape index (κ1) is 19.5. The average Bonchev–Trinajstić information content (AvgIpc) is 2.51. The highest BCUT2D eigenvalue weighted by molar-refractivity contribution is 7.92. The van der Waals surface area contributed by atoms with Gasteiger partial charge >= 0.3 is 6.09 Å².